The standard InChI is InChI=1S/C12H8F2N2O4S/c13-8-5-4-7(12(17)18)6-9(8)21(19,20)16-11-3-1-2-10(14)15-11/h1-6H,(H,15,16)(H,17,18). The number of sulfonamides is 1. The summed E-state index contributed by atoms with van der Waals surface area (Å²) in [5, 5.41) is 8.79. The van der Waals surface area contributed by atoms with Crippen LogP contribution in [-0.2, 0) is 10.0 Å². The van der Waals surface area contributed by atoms with Gasteiger partial charge in [0.15, 0.2) is 0 Å². The van der Waals surface area contributed by atoms with Crippen molar-refractivity contribution in [1.82, 2.24) is 4.98 Å². The summed E-state index contributed by atoms with van der Waals surface area (Å²) < 4.78 is 52.4. The Labute approximate surface area is 118 Å². The first-order valence-corrected chi connectivity index (χ1v) is 6.96. The van der Waals surface area contributed by atoms with E-state index in [-0.39, 0.29) is 5.82 Å². The molecule has 9 heteroatoms. The van der Waals surface area contributed by atoms with Crippen LogP contribution in [0.3, 0.4) is 0 Å². The molecule has 2 rings (SSSR count). The highest BCUT2D eigenvalue weighted by Gasteiger charge is 2.21. The highest BCUT2D eigenvalue weighted by Crippen LogP contribution is 2.19. The fourth-order valence-electron chi connectivity index (χ4n) is 1.50. The smallest absolute Gasteiger partial charge is 0.335 e. The van der Waals surface area contributed by atoms with Crippen LogP contribution in [-0.4, -0.2) is 24.5 Å². The van der Waals surface area contributed by atoms with Crippen LogP contribution in [0.1, 0.15) is 10.4 Å². The molecular weight excluding hydrogens is 306 g/mol. The van der Waals surface area contributed by atoms with E-state index in [2.05, 4.69) is 4.98 Å². The molecule has 0 amide bonds. The maximum Gasteiger partial charge on any atom is 0.335 e. The van der Waals surface area contributed by atoms with Gasteiger partial charge in [-0.25, -0.2) is 22.6 Å². The topological polar surface area (TPSA) is 96.4 Å². The van der Waals surface area contributed by atoms with Crippen molar-refractivity contribution in [2.24, 2.45) is 0 Å². The van der Waals surface area contributed by atoms with Gasteiger partial charge in [0.05, 0.1) is 5.56 Å². The number of carboxylic acids is 1. The van der Waals surface area contributed by atoms with E-state index in [1.54, 1.807) is 0 Å². The molecule has 2 N–H and O–H groups in total. The molecule has 0 aliphatic rings. The van der Waals surface area contributed by atoms with Crippen molar-refractivity contribution in [2.75, 3.05) is 4.72 Å². The highest BCUT2D eigenvalue weighted by molar-refractivity contribution is 7.92. The molecule has 21 heavy (non-hydrogen) atoms. The lowest BCUT2D eigenvalue weighted by atomic mass is 10.2. The second kappa shape index (κ2) is 5.44. The number of nitrogens with zero attached hydrogens (tertiary/aromatic N) is 1. The minimum atomic E-state index is -4.43. The molecule has 0 saturated carbocycles. The molecule has 1 heterocycles. The molecule has 0 radical (unpaired) electrons. The maximum atomic E-state index is 13.6. The Balaban J connectivity index is 2.44. The summed E-state index contributed by atoms with van der Waals surface area (Å²) in [6.07, 6.45) is 0. The second-order valence-electron chi connectivity index (χ2n) is 3.90. The number of carbonyl (C=O) groups is 1. The van der Waals surface area contributed by atoms with Gasteiger partial charge in [-0.05, 0) is 30.3 Å². The molecule has 1 aromatic carbocycles. The van der Waals surface area contributed by atoms with Crippen LogP contribution in [0.2, 0.25) is 0 Å². The first-order valence-electron chi connectivity index (χ1n) is 5.48. The Morgan fingerprint density at radius 2 is 1.90 bits per heavy atom. The van der Waals surface area contributed by atoms with E-state index in [4.69, 9.17) is 5.11 Å². The van der Waals surface area contributed by atoms with Crippen molar-refractivity contribution >= 4 is 21.8 Å². The molecule has 110 valence electrons. The van der Waals surface area contributed by atoms with Gasteiger partial charge in [-0.3, -0.25) is 4.72 Å². The lowest BCUT2D eigenvalue weighted by Gasteiger charge is -2.08. The highest BCUT2D eigenvalue weighted by atomic mass is 32.2. The number of aromatic carboxylic acids is 1. The molecular formula is C12H8F2N2O4S. The molecule has 0 aliphatic carbocycles. The van der Waals surface area contributed by atoms with Gasteiger partial charge in [-0.15, -0.1) is 0 Å². The SMILES string of the molecule is O=C(O)c1ccc(F)c(S(=O)(=O)Nc2cccc(F)n2)c1. The van der Waals surface area contributed by atoms with E-state index < -0.39 is 38.2 Å². The molecule has 0 atom stereocenters. The lowest BCUT2D eigenvalue weighted by molar-refractivity contribution is 0.0696. The van der Waals surface area contributed by atoms with Crippen LogP contribution in [0.5, 0.6) is 0 Å². The van der Waals surface area contributed by atoms with E-state index in [9.17, 15) is 22.0 Å². The summed E-state index contributed by atoms with van der Waals surface area (Å²) in [6.45, 7) is 0. The normalized spacial score (nSPS) is 11.1. The number of aromatic nitrogens is 1. The maximum absolute atomic E-state index is 13.6. The largest absolute Gasteiger partial charge is 0.478 e. The van der Waals surface area contributed by atoms with Crippen molar-refractivity contribution in [3.8, 4) is 0 Å². The van der Waals surface area contributed by atoms with E-state index >= 15 is 0 Å². The third-order valence-corrected chi connectivity index (χ3v) is 3.79. The number of hydrogen-bond donors (Lipinski definition) is 2. The van der Waals surface area contributed by atoms with Crippen LogP contribution in [0.25, 0.3) is 0 Å². The van der Waals surface area contributed by atoms with E-state index in [1.165, 1.54) is 12.1 Å². The third kappa shape index (κ3) is 3.31. The Kier molecular flexibility index (Phi) is 3.85. The van der Waals surface area contributed by atoms with Gasteiger partial charge in [0.1, 0.15) is 16.5 Å². The third-order valence-electron chi connectivity index (χ3n) is 2.42. The zero-order chi connectivity index (χ0) is 15.6. The summed E-state index contributed by atoms with van der Waals surface area (Å²) in [4.78, 5) is 13.2. The van der Waals surface area contributed by atoms with Crippen LogP contribution >= 0.6 is 0 Å². The summed E-state index contributed by atoms with van der Waals surface area (Å²) in [7, 11) is -4.43. The van der Waals surface area contributed by atoms with Crippen LogP contribution in [0.4, 0.5) is 14.6 Å². The van der Waals surface area contributed by atoms with E-state index in [0.717, 1.165) is 18.2 Å². The molecule has 0 spiro atoms. The fourth-order valence-corrected chi connectivity index (χ4v) is 2.61. The lowest BCUT2D eigenvalue weighted by Crippen LogP contribution is -2.16. The molecule has 0 aliphatic heterocycles. The van der Waals surface area contributed by atoms with E-state index in [0.29, 0.717) is 6.07 Å². The van der Waals surface area contributed by atoms with Gasteiger partial charge in [0.2, 0.25) is 5.95 Å². The number of pyridine rings is 1. The van der Waals surface area contributed by atoms with Crippen molar-refractivity contribution in [2.45, 2.75) is 4.90 Å². The zero-order valence-corrected chi connectivity index (χ0v) is 11.1. The van der Waals surface area contributed by atoms with Gasteiger partial charge in [-0.1, -0.05) is 6.07 Å². The molecule has 2 aromatic rings. The molecule has 1 aromatic heterocycles. The number of anilines is 1. The minimum Gasteiger partial charge on any atom is -0.478 e. The van der Waals surface area contributed by atoms with Crippen molar-refractivity contribution in [3.05, 3.63) is 53.7 Å². The Morgan fingerprint density at radius 3 is 2.52 bits per heavy atom. The molecule has 0 unspecified atom stereocenters. The number of halogens is 2. The number of rotatable bonds is 4. The van der Waals surface area contributed by atoms with Gasteiger partial charge >= 0.3 is 5.97 Å². The van der Waals surface area contributed by atoms with Crippen LogP contribution < -0.4 is 4.72 Å². The average Bonchev–Trinajstić information content (AvgIpc) is 2.38. The van der Waals surface area contributed by atoms with E-state index in [1.807, 2.05) is 4.72 Å². The summed E-state index contributed by atoms with van der Waals surface area (Å²) in [5.74, 6) is -3.82. The Morgan fingerprint density at radius 1 is 1.19 bits per heavy atom. The summed E-state index contributed by atoms with van der Waals surface area (Å²) >= 11 is 0. The number of nitrogens with one attached hydrogen (secondary N) is 1. The van der Waals surface area contributed by atoms with Crippen molar-refractivity contribution in [3.63, 3.8) is 0 Å². The molecule has 0 saturated heterocycles. The second-order valence-corrected chi connectivity index (χ2v) is 5.55. The predicted octanol–water partition coefficient (Wildman–Crippen LogP) is 1.86. The first kappa shape index (κ1) is 14.9. The van der Waals surface area contributed by atoms with Gasteiger partial charge in [0, 0.05) is 0 Å². The Hall–Kier alpha value is -2.55. The van der Waals surface area contributed by atoms with Gasteiger partial charge in [-0.2, -0.15) is 4.39 Å². The van der Waals surface area contributed by atoms with Gasteiger partial charge in [0.25, 0.3) is 10.0 Å². The predicted molar refractivity (Wildman–Crippen MR) is 68.4 cm³/mol. The number of benzene rings is 1. The van der Waals surface area contributed by atoms with Crippen LogP contribution in [0.15, 0.2) is 41.3 Å². The number of hydrogen-bond acceptors (Lipinski definition) is 4. The monoisotopic (exact) mass is 314 g/mol. The quantitative estimate of drug-likeness (QED) is 0.840. The average molecular weight is 314 g/mol. The van der Waals surface area contributed by atoms with Crippen LogP contribution in [0, 0.1) is 11.8 Å². The van der Waals surface area contributed by atoms with Gasteiger partial charge < -0.3 is 5.11 Å². The molecule has 0 fully saturated rings. The van der Waals surface area contributed by atoms with Crippen molar-refractivity contribution in [1.29, 1.82) is 0 Å². The zero-order valence-electron chi connectivity index (χ0n) is 10.2. The fraction of sp³-hybridized carbons (Fsp3) is 0. The number of carboxylic acid groups (broad SMARTS) is 1. The first-order chi connectivity index (χ1) is 9.79. The summed E-state index contributed by atoms with van der Waals surface area (Å²) in [5.41, 5.74) is -0.399. The molecule has 0 bridgehead atoms. The minimum absolute atomic E-state index is 0.352. The van der Waals surface area contributed by atoms with Crippen molar-refractivity contribution < 1.29 is 27.1 Å². The summed E-state index contributed by atoms with van der Waals surface area (Å²) in [6, 6.07) is 5.70. The Bertz CT molecular complexity index is 809. The molecule has 6 nitrogen and oxygen atoms in total.